The molecule has 4 heteroatoms. The van der Waals surface area contributed by atoms with E-state index in [1.54, 1.807) is 0 Å². The zero-order chi connectivity index (χ0) is 16.1. The molecule has 2 nitrogen and oxygen atoms in total. The van der Waals surface area contributed by atoms with E-state index < -0.39 is 0 Å². The van der Waals surface area contributed by atoms with E-state index in [-0.39, 0.29) is 0 Å². The van der Waals surface area contributed by atoms with Gasteiger partial charge in [-0.05, 0) is 37.5 Å². The standard InChI is InChI=1S/C18H36N2S2/c1-15(2)17(11-7-5-8-12-17)19-21-22-20-18(16(3)4)13-9-6-10-14-18/h15-16,19-20H,5-14H2,1-4H3. The van der Waals surface area contributed by atoms with Gasteiger partial charge in [-0.25, -0.2) is 9.44 Å². The fourth-order valence-corrected chi connectivity index (χ4v) is 6.71. The molecule has 2 fully saturated rings. The molecule has 0 spiro atoms. The van der Waals surface area contributed by atoms with Crippen molar-refractivity contribution in [3.8, 4) is 0 Å². The van der Waals surface area contributed by atoms with Gasteiger partial charge in [-0.1, -0.05) is 66.2 Å². The highest BCUT2D eigenvalue weighted by Crippen LogP contribution is 2.40. The van der Waals surface area contributed by atoms with Crippen molar-refractivity contribution in [1.82, 2.24) is 9.44 Å². The summed E-state index contributed by atoms with van der Waals surface area (Å²) in [7, 11) is 3.70. The lowest BCUT2D eigenvalue weighted by Gasteiger charge is -2.43. The summed E-state index contributed by atoms with van der Waals surface area (Å²) in [6, 6.07) is 0. The zero-order valence-electron chi connectivity index (χ0n) is 15.0. The van der Waals surface area contributed by atoms with Crippen molar-refractivity contribution in [3.05, 3.63) is 0 Å². The Morgan fingerprint density at radius 3 is 1.18 bits per heavy atom. The summed E-state index contributed by atoms with van der Waals surface area (Å²) in [5.74, 6) is 1.43. The summed E-state index contributed by atoms with van der Waals surface area (Å²) >= 11 is 0. The second-order valence-corrected chi connectivity index (χ2v) is 9.86. The van der Waals surface area contributed by atoms with E-state index in [1.165, 1.54) is 64.2 Å². The average molecular weight is 345 g/mol. The van der Waals surface area contributed by atoms with Crippen LogP contribution in [0, 0.1) is 11.8 Å². The first-order valence-corrected chi connectivity index (χ1v) is 11.5. The Morgan fingerprint density at radius 1 is 0.591 bits per heavy atom. The van der Waals surface area contributed by atoms with Crippen molar-refractivity contribution < 1.29 is 0 Å². The summed E-state index contributed by atoms with van der Waals surface area (Å²) < 4.78 is 7.69. The molecule has 2 aliphatic rings. The monoisotopic (exact) mass is 344 g/mol. The summed E-state index contributed by atoms with van der Waals surface area (Å²) in [5.41, 5.74) is 0.713. The van der Waals surface area contributed by atoms with Crippen LogP contribution >= 0.6 is 22.0 Å². The van der Waals surface area contributed by atoms with Crippen LogP contribution in [-0.4, -0.2) is 11.1 Å². The molecule has 2 rings (SSSR count). The van der Waals surface area contributed by atoms with Gasteiger partial charge < -0.3 is 0 Å². The minimum Gasteiger partial charge on any atom is -0.247 e. The lowest BCUT2D eigenvalue weighted by atomic mass is 9.75. The fraction of sp³-hybridized carbons (Fsp3) is 1.00. The van der Waals surface area contributed by atoms with E-state index >= 15 is 0 Å². The van der Waals surface area contributed by atoms with Crippen LogP contribution in [0.25, 0.3) is 0 Å². The Balaban J connectivity index is 1.81. The van der Waals surface area contributed by atoms with E-state index in [4.69, 9.17) is 0 Å². The molecule has 0 heterocycles. The first-order valence-electron chi connectivity index (χ1n) is 9.38. The number of hydrogen-bond acceptors (Lipinski definition) is 4. The first kappa shape index (κ1) is 19.0. The molecule has 0 aromatic rings. The van der Waals surface area contributed by atoms with Gasteiger partial charge in [0.1, 0.15) is 0 Å². The van der Waals surface area contributed by atoms with Gasteiger partial charge in [0.2, 0.25) is 0 Å². The number of nitrogens with one attached hydrogen (secondary N) is 2. The highest BCUT2D eigenvalue weighted by Gasteiger charge is 2.37. The quantitative estimate of drug-likeness (QED) is 0.331. The second-order valence-electron chi connectivity index (χ2n) is 8.11. The molecule has 0 saturated heterocycles. The molecule has 0 unspecified atom stereocenters. The molecule has 0 atom stereocenters. The van der Waals surface area contributed by atoms with Crippen molar-refractivity contribution in [2.24, 2.45) is 11.8 Å². The Labute approximate surface area is 146 Å². The third kappa shape index (κ3) is 4.58. The molecule has 0 aromatic carbocycles. The molecular weight excluding hydrogens is 308 g/mol. The van der Waals surface area contributed by atoms with Gasteiger partial charge in [0.05, 0.1) is 0 Å². The largest absolute Gasteiger partial charge is 0.247 e. The third-order valence-electron chi connectivity index (χ3n) is 6.23. The van der Waals surface area contributed by atoms with Crippen LogP contribution in [-0.2, 0) is 0 Å². The van der Waals surface area contributed by atoms with Crippen molar-refractivity contribution >= 4 is 22.0 Å². The smallest absolute Gasteiger partial charge is 0.0314 e. The molecular formula is C18H36N2S2. The van der Waals surface area contributed by atoms with Crippen LogP contribution in [0.3, 0.4) is 0 Å². The van der Waals surface area contributed by atoms with Gasteiger partial charge in [-0.15, -0.1) is 0 Å². The summed E-state index contributed by atoms with van der Waals surface area (Å²) in [6.45, 7) is 9.53. The Hall–Kier alpha value is 0.620. The van der Waals surface area contributed by atoms with Crippen LogP contribution in [0.4, 0.5) is 0 Å². The predicted molar refractivity (Wildman–Crippen MR) is 103 cm³/mol. The van der Waals surface area contributed by atoms with E-state index in [1.807, 2.05) is 22.0 Å². The van der Waals surface area contributed by atoms with Gasteiger partial charge in [-0.2, -0.15) is 0 Å². The van der Waals surface area contributed by atoms with E-state index in [9.17, 15) is 0 Å². The predicted octanol–water partition coefficient (Wildman–Crippen LogP) is 6.09. The molecule has 0 aliphatic heterocycles. The summed E-state index contributed by atoms with van der Waals surface area (Å²) in [5, 5.41) is 0. The molecule has 22 heavy (non-hydrogen) atoms. The van der Waals surface area contributed by atoms with Gasteiger partial charge in [-0.3, -0.25) is 0 Å². The van der Waals surface area contributed by atoms with E-state index in [0.29, 0.717) is 11.1 Å². The maximum Gasteiger partial charge on any atom is 0.0314 e. The van der Waals surface area contributed by atoms with E-state index in [2.05, 4.69) is 37.1 Å². The second kappa shape index (κ2) is 8.64. The van der Waals surface area contributed by atoms with Crippen molar-refractivity contribution in [1.29, 1.82) is 0 Å². The molecule has 0 radical (unpaired) electrons. The Bertz CT molecular complexity index is 287. The lowest BCUT2D eigenvalue weighted by molar-refractivity contribution is 0.202. The normalized spacial score (nSPS) is 24.8. The lowest BCUT2D eigenvalue weighted by Crippen LogP contribution is -2.49. The first-order chi connectivity index (χ1) is 10.5. The maximum atomic E-state index is 3.85. The Morgan fingerprint density at radius 2 is 0.909 bits per heavy atom. The third-order valence-corrected chi connectivity index (χ3v) is 8.05. The van der Waals surface area contributed by atoms with Crippen molar-refractivity contribution in [3.63, 3.8) is 0 Å². The van der Waals surface area contributed by atoms with Gasteiger partial charge in [0.15, 0.2) is 0 Å². The summed E-state index contributed by atoms with van der Waals surface area (Å²) in [4.78, 5) is 0. The summed E-state index contributed by atoms with van der Waals surface area (Å²) in [6.07, 6.45) is 13.8. The fourth-order valence-electron chi connectivity index (χ4n) is 4.17. The minimum atomic E-state index is 0.356. The van der Waals surface area contributed by atoms with Crippen LogP contribution in [0.15, 0.2) is 0 Å². The van der Waals surface area contributed by atoms with Crippen molar-refractivity contribution in [2.45, 2.75) is 103 Å². The van der Waals surface area contributed by atoms with Crippen LogP contribution < -0.4 is 9.44 Å². The topological polar surface area (TPSA) is 24.1 Å². The van der Waals surface area contributed by atoms with Crippen LogP contribution in [0.5, 0.6) is 0 Å². The number of hydrogen-bond donors (Lipinski definition) is 2. The number of rotatable bonds is 7. The van der Waals surface area contributed by atoms with Crippen LogP contribution in [0.1, 0.15) is 91.9 Å². The van der Waals surface area contributed by atoms with Gasteiger partial charge in [0, 0.05) is 33.0 Å². The van der Waals surface area contributed by atoms with Gasteiger partial charge >= 0.3 is 0 Å². The molecule has 2 N–H and O–H groups in total. The SMILES string of the molecule is CC(C)C1(NSSNC2(C(C)C)CCCCC2)CCCCC1. The highest BCUT2D eigenvalue weighted by molar-refractivity contribution is 8.75. The minimum absolute atomic E-state index is 0.356. The van der Waals surface area contributed by atoms with Crippen molar-refractivity contribution in [2.75, 3.05) is 0 Å². The molecule has 0 aromatic heterocycles. The maximum absolute atomic E-state index is 3.85. The molecule has 2 saturated carbocycles. The molecule has 0 bridgehead atoms. The van der Waals surface area contributed by atoms with E-state index in [0.717, 1.165) is 11.8 Å². The molecule has 2 aliphatic carbocycles. The Kier molecular flexibility index (Phi) is 7.44. The average Bonchev–Trinajstić information content (AvgIpc) is 2.53. The molecule has 0 amide bonds. The zero-order valence-corrected chi connectivity index (χ0v) is 16.7. The highest BCUT2D eigenvalue weighted by atomic mass is 33.1. The molecule has 130 valence electrons. The van der Waals surface area contributed by atoms with Crippen LogP contribution in [0.2, 0.25) is 0 Å². The van der Waals surface area contributed by atoms with Gasteiger partial charge in [0.25, 0.3) is 0 Å².